The fourth-order valence-corrected chi connectivity index (χ4v) is 17.9. The van der Waals surface area contributed by atoms with Crippen molar-refractivity contribution < 1.29 is 177 Å². The minimum absolute atomic E-state index is 0.0128. The molecule has 22 aliphatic heterocycles. The summed E-state index contributed by atoms with van der Waals surface area (Å²) in [6.07, 6.45) is -46.9. The molecule has 121 heavy (non-hydrogen) atoms. The Morgan fingerprint density at radius 2 is 0.620 bits per heavy atom. The Hall–Kier alpha value is -5.36. The summed E-state index contributed by atoms with van der Waals surface area (Å²) < 4.78 is 87.0. The molecule has 4 saturated carbocycles. The van der Waals surface area contributed by atoms with E-state index >= 15 is 0 Å². The van der Waals surface area contributed by atoms with Crippen molar-refractivity contribution in [1.82, 2.24) is 21.3 Å². The van der Waals surface area contributed by atoms with Crippen LogP contribution in [0.1, 0.15) is 111 Å². The van der Waals surface area contributed by atoms with Gasteiger partial charge in [-0.2, -0.15) is 10.2 Å². The van der Waals surface area contributed by atoms with Crippen LogP contribution in [0.3, 0.4) is 0 Å². The van der Waals surface area contributed by atoms with Gasteiger partial charge in [0.2, 0.25) is 11.8 Å². The molecule has 22 heterocycles. The average Bonchev–Trinajstić information content (AvgIpc) is 0.773. The van der Waals surface area contributed by atoms with Crippen LogP contribution in [0.2, 0.25) is 0 Å². The van der Waals surface area contributed by atoms with Crippen LogP contribution in [0.5, 0.6) is 0 Å². The van der Waals surface area contributed by atoms with E-state index in [-0.39, 0.29) is 28.5 Å². The predicted octanol–water partition coefficient (Wildman–Crippen LogP) is -5.85. The molecule has 42 nitrogen and oxygen atoms in total. The molecule has 42 heteroatoms. The third-order valence-electron chi connectivity index (χ3n) is 24.2. The van der Waals surface area contributed by atoms with Gasteiger partial charge in [-0.3, -0.25) is 19.2 Å². The summed E-state index contributed by atoms with van der Waals surface area (Å²) in [6, 6.07) is 11.9. The summed E-state index contributed by atoms with van der Waals surface area (Å²) in [7, 11) is 0. The van der Waals surface area contributed by atoms with Gasteiger partial charge in [-0.15, -0.1) is 0 Å². The van der Waals surface area contributed by atoms with Gasteiger partial charge in [0.1, 0.15) is 146 Å². The molecular weight excluding hydrogens is 1610 g/mol. The molecule has 21 N–H and O–H groups in total. The number of amides is 4. The molecule has 682 valence electrons. The first kappa shape index (κ1) is 94.8. The molecule has 0 unspecified atom stereocenters. The second-order valence-corrected chi connectivity index (χ2v) is 32.8. The van der Waals surface area contributed by atoms with Crippen LogP contribution < -0.4 is 21.3 Å². The molecule has 2 aromatic carbocycles. The lowest BCUT2D eigenvalue weighted by atomic mass is 9.49. The Morgan fingerprint density at radius 3 is 0.967 bits per heavy atom. The summed E-state index contributed by atoms with van der Waals surface area (Å²) in [6.45, 7) is -1.92. The summed E-state index contributed by atoms with van der Waals surface area (Å²) in [4.78, 5) is 52.4. The van der Waals surface area contributed by atoms with E-state index in [1.807, 2.05) is 0 Å². The second kappa shape index (κ2) is 44.9. The highest BCUT2D eigenvalue weighted by atomic mass is 16.8. The van der Waals surface area contributed by atoms with Crippen LogP contribution >= 0.6 is 0 Å². The Bertz CT molecular complexity index is 3520. The quantitative estimate of drug-likeness (QED) is 0.0229. The number of hydrogen-bond donors (Lipinski definition) is 21. The van der Waals surface area contributed by atoms with Crippen molar-refractivity contribution in [3.8, 4) is 0 Å². The highest BCUT2D eigenvalue weighted by Crippen LogP contribution is 2.60. The number of aliphatic hydroxyl groups is 17. The predicted molar refractivity (Wildman–Crippen MR) is 406 cm³/mol. The van der Waals surface area contributed by atoms with Crippen LogP contribution in [-0.4, -0.2) is 394 Å². The summed E-state index contributed by atoms with van der Waals surface area (Å²) in [5.41, 5.74) is 0.937. The lowest BCUT2D eigenvalue weighted by Crippen LogP contribution is -2.69. The zero-order valence-corrected chi connectivity index (χ0v) is 66.9. The van der Waals surface area contributed by atoms with Crippen LogP contribution in [0.4, 0.5) is 11.4 Å². The van der Waals surface area contributed by atoms with E-state index in [2.05, 4.69) is 31.5 Å². The maximum atomic E-state index is 14.0. The third-order valence-corrected chi connectivity index (χ3v) is 24.2. The highest BCUT2D eigenvalue weighted by Gasteiger charge is 2.60. The van der Waals surface area contributed by atoms with Crippen molar-refractivity contribution in [3.63, 3.8) is 0 Å². The normalized spacial score (nSPS) is 39.9. The van der Waals surface area contributed by atoms with Crippen LogP contribution in [0.15, 0.2) is 58.8 Å². The lowest BCUT2D eigenvalue weighted by Gasteiger charge is -2.55. The van der Waals surface area contributed by atoms with Gasteiger partial charge in [-0.1, -0.05) is 19.3 Å². The summed E-state index contributed by atoms with van der Waals surface area (Å²) in [5, 5.41) is 212. The maximum absolute atomic E-state index is 14.0. The molecule has 26 fully saturated rings. The fourth-order valence-electron chi connectivity index (χ4n) is 17.9. The van der Waals surface area contributed by atoms with E-state index in [1.54, 1.807) is 24.3 Å². The van der Waals surface area contributed by atoms with Gasteiger partial charge in [-0.25, -0.2) is 0 Å². The Balaban J connectivity index is 0.582. The first-order chi connectivity index (χ1) is 58.3. The van der Waals surface area contributed by atoms with Crippen molar-refractivity contribution in [2.75, 3.05) is 98.9 Å². The number of nitrogens with zero attached hydrogens (tertiary/aromatic N) is 2. The number of carbonyl (C=O) groups is 4. The van der Waals surface area contributed by atoms with Gasteiger partial charge in [0.05, 0.1) is 70.8 Å². The minimum atomic E-state index is -2.26. The smallest absolute Gasteiger partial charge is 0.251 e. The lowest BCUT2D eigenvalue weighted by molar-refractivity contribution is -0.403. The van der Waals surface area contributed by atoms with E-state index in [0.717, 1.165) is 75.7 Å². The molecule has 22 saturated heterocycles. The van der Waals surface area contributed by atoms with Gasteiger partial charge in [0.15, 0.2) is 37.7 Å². The van der Waals surface area contributed by atoms with Crippen LogP contribution in [-0.2, 0) is 80.6 Å². The number of benzene rings is 2. The average molecular weight is 1730 g/mol. The van der Waals surface area contributed by atoms with Gasteiger partial charge >= 0.3 is 0 Å². The Kier molecular flexibility index (Phi) is 35.1. The van der Waals surface area contributed by atoms with E-state index in [1.165, 1.54) is 43.5 Å². The highest BCUT2D eigenvalue weighted by molar-refractivity contribution is 5.95. The summed E-state index contributed by atoms with van der Waals surface area (Å²) in [5.74, 6) is 1.49. The van der Waals surface area contributed by atoms with Crippen molar-refractivity contribution in [3.05, 3.63) is 59.7 Å². The number of aliphatic hydroxyl groups excluding tert-OH is 17. The molecular formula is C79H120N6O36. The molecule has 0 aromatic heterocycles. The SMILES string of the molecule is O=C(CCCCCCCNC(=O)C12CC3CC(CC(C3)C1)C2)NCCCOCCOCCOCCCNC(=O)c1ccc(N=Nc2ccc(C(=O)NC[C@H]3O[C@@H]4O[C@H]5[C@H](O)[C@@H](O)[C@@H](O[C@H]6[C@H](O)[C@@H](O)[C@@H](O[C@H]7[C@H](O)[C@@H](O)[C@@H](O[C@H]8[C@H](O)[C@@H](O)[C@@H](O[C@H]9[C@H](O)[C@@H](O)[C@@H](O[C@H]3[C@H](O)[C@H]4O)O[C@@H]9CO)O[C@@H]8CO)O[C@@H]7CO)O[C@@H]6CO)O[C@@H]5CO)cc2)cc1. The molecule has 4 amide bonds. The van der Waals surface area contributed by atoms with E-state index in [4.69, 9.17) is 71.1 Å². The molecule has 2 aromatic rings. The number of nitrogens with one attached hydrogen (secondary N) is 4. The van der Waals surface area contributed by atoms with Gasteiger partial charge in [0, 0.05) is 62.4 Å². The first-order valence-corrected chi connectivity index (χ1v) is 41.9. The number of hydrogen-bond acceptors (Lipinski definition) is 38. The van der Waals surface area contributed by atoms with E-state index in [9.17, 15) is 106 Å². The van der Waals surface area contributed by atoms with Crippen molar-refractivity contribution in [1.29, 1.82) is 0 Å². The van der Waals surface area contributed by atoms with E-state index < -0.39 is 230 Å². The van der Waals surface area contributed by atoms with Crippen LogP contribution in [0, 0.1) is 23.2 Å². The van der Waals surface area contributed by atoms with Crippen molar-refractivity contribution in [2.45, 2.75) is 274 Å². The topological polar surface area (TPSA) is 623 Å². The maximum Gasteiger partial charge on any atom is 0.251 e. The number of carbonyl (C=O) groups excluding carboxylic acids is 4. The van der Waals surface area contributed by atoms with Gasteiger partial charge in [0.25, 0.3) is 11.8 Å². The zero-order chi connectivity index (χ0) is 86.2. The third kappa shape index (κ3) is 23.5. The molecule has 26 aliphatic rings. The number of ether oxygens (including phenoxy) is 15. The van der Waals surface area contributed by atoms with Crippen LogP contribution in [0.25, 0.3) is 0 Å². The molecule has 4 aliphatic carbocycles. The monoisotopic (exact) mass is 1730 g/mol. The first-order valence-electron chi connectivity index (χ1n) is 41.9. The molecule has 16 bridgehead atoms. The molecule has 0 spiro atoms. The van der Waals surface area contributed by atoms with E-state index in [0.29, 0.717) is 89.2 Å². The van der Waals surface area contributed by atoms with Gasteiger partial charge in [-0.05, 0) is 130 Å². The number of unbranched alkanes of at least 4 members (excludes halogenated alkanes) is 4. The van der Waals surface area contributed by atoms with Crippen molar-refractivity contribution >= 4 is 35.0 Å². The Labute approximate surface area is 696 Å². The number of azo groups is 1. The molecule has 30 atom stereocenters. The minimum Gasteiger partial charge on any atom is -0.394 e. The van der Waals surface area contributed by atoms with Gasteiger partial charge < -0.3 is 179 Å². The standard InChI is InChI=1S/C79H120N6O36/c86-33-46-65-54(94)60(100)74(112-46)119-67-48(35-88)114-76(62(102)56(67)96)121-69-50(37-90)115-77(63(103)57(69)97)120-68-49(36-89)113-75(61(101)55(68)95)118-66-47(34-87)111-73(59(99)53(66)93)116-64-45(110-72(117-65)58(98)52(64)92)32-83-71(105)42-11-15-44(16-12-42)85-84-43-13-9-41(10-14-43)70(104)81-19-7-21-108-23-25-109-24-22-107-20-6-18-80-51(91)8-4-2-1-3-5-17-82-78(106)79-29-38-26-39(30-79)28-40(27-38)31-79/h9-16,38-40,45-50,52-69,72-77,86-90,92-103H,1-8,17-37H2,(H,80,91)(H,81,104)(H,82,106)(H,83,105)/t38?,39?,40?,45-,46-,47-,48-,49-,50-,52-,53-,54-,55-,56-,57-,58-,59-,60-,61-,62-,63-,64-,65-,66-,67-,68-,69-,72-,73-,74-,75-,76-,77-,79?/m1/s1. The number of rotatable bonds is 34. The van der Waals surface area contributed by atoms with Crippen molar-refractivity contribution in [2.24, 2.45) is 33.4 Å². The fraction of sp³-hybridized carbons (Fsp3) is 0.797. The summed E-state index contributed by atoms with van der Waals surface area (Å²) >= 11 is 0. The largest absolute Gasteiger partial charge is 0.394 e. The molecule has 0 radical (unpaired) electrons. The second-order valence-electron chi connectivity index (χ2n) is 32.8. The zero-order valence-electron chi connectivity index (χ0n) is 66.9. The molecule has 28 rings (SSSR count). The Morgan fingerprint density at radius 1 is 0.331 bits per heavy atom.